The summed E-state index contributed by atoms with van der Waals surface area (Å²) in [5, 5.41) is 21.3. The number of benzene rings is 2. The maximum Gasteiger partial charge on any atom is 0.122 e. The van der Waals surface area contributed by atoms with Gasteiger partial charge in [-0.05, 0) is 123 Å². The second-order valence-corrected chi connectivity index (χ2v) is 12.0. The monoisotopic (exact) mass is 526 g/mol. The third-order valence-electron chi connectivity index (χ3n) is 7.76. The van der Waals surface area contributed by atoms with Crippen LogP contribution >= 0.6 is 0 Å². The Hall–Kier alpha value is -2.04. The predicted octanol–water partition coefficient (Wildman–Crippen LogP) is 8.80. The predicted molar refractivity (Wildman–Crippen MR) is 159 cm³/mol. The van der Waals surface area contributed by atoms with Crippen LogP contribution in [0.3, 0.4) is 0 Å². The van der Waals surface area contributed by atoms with Crippen molar-refractivity contribution in [3.63, 3.8) is 0 Å². The fourth-order valence-electron chi connectivity index (χ4n) is 5.02. The van der Waals surface area contributed by atoms with Gasteiger partial charge in [0.15, 0.2) is 0 Å². The van der Waals surface area contributed by atoms with Crippen molar-refractivity contribution in [2.75, 3.05) is 13.2 Å². The van der Waals surface area contributed by atoms with Crippen LogP contribution in [-0.4, -0.2) is 23.4 Å². The number of aromatic hydroxyl groups is 2. The molecule has 2 N–H and O–H groups in total. The topological polar surface area (TPSA) is 58.9 Å². The van der Waals surface area contributed by atoms with Crippen molar-refractivity contribution in [2.45, 2.75) is 120 Å². The van der Waals surface area contributed by atoms with Crippen LogP contribution in [0.15, 0.2) is 12.1 Å². The first-order valence-corrected chi connectivity index (χ1v) is 14.8. The maximum absolute atomic E-state index is 10.6. The lowest BCUT2D eigenvalue weighted by Gasteiger charge is -2.17. The van der Waals surface area contributed by atoms with Crippen LogP contribution in [0.2, 0.25) is 0 Å². The van der Waals surface area contributed by atoms with E-state index in [4.69, 9.17) is 9.47 Å². The average Bonchev–Trinajstić information content (AvgIpc) is 2.86. The molecular weight excluding hydrogens is 472 g/mol. The Labute approximate surface area is 232 Å². The number of hydrogen-bond acceptors (Lipinski definition) is 4. The van der Waals surface area contributed by atoms with Crippen molar-refractivity contribution in [3.05, 3.63) is 56.6 Å². The van der Waals surface area contributed by atoms with Gasteiger partial charge in [0, 0.05) is 13.2 Å². The first kappa shape index (κ1) is 32.2. The number of aryl methyl sites for hydroxylation is 4. The van der Waals surface area contributed by atoms with Crippen LogP contribution in [0.1, 0.15) is 111 Å². The maximum atomic E-state index is 10.6. The van der Waals surface area contributed by atoms with Gasteiger partial charge in [-0.25, -0.2) is 0 Å². The minimum atomic E-state index is 0.442. The van der Waals surface area contributed by atoms with E-state index in [9.17, 15) is 10.2 Å². The molecule has 0 spiro atoms. The average molecular weight is 527 g/mol. The fourth-order valence-corrected chi connectivity index (χ4v) is 5.02. The highest BCUT2D eigenvalue weighted by Gasteiger charge is 2.14. The van der Waals surface area contributed by atoms with Crippen LogP contribution in [-0.2, 0) is 35.5 Å². The van der Waals surface area contributed by atoms with Crippen molar-refractivity contribution in [1.82, 2.24) is 0 Å². The molecule has 0 fully saturated rings. The number of unbranched alkanes of at least 4 members (excludes halogenated alkanes) is 3. The Morgan fingerprint density at radius 1 is 0.605 bits per heavy atom. The van der Waals surface area contributed by atoms with Crippen LogP contribution in [0, 0.1) is 39.5 Å². The largest absolute Gasteiger partial charge is 0.507 e. The molecule has 0 bridgehead atoms. The third-order valence-corrected chi connectivity index (χ3v) is 7.76. The highest BCUT2D eigenvalue weighted by Crippen LogP contribution is 2.31. The molecule has 0 atom stereocenters. The first-order chi connectivity index (χ1) is 18.0. The second-order valence-electron chi connectivity index (χ2n) is 12.0. The SMILES string of the molecule is Cc1cc(CCC(C)C)c(O)c(C)c1COCCCCCCOCc1c(C)cc(CCC(C)C)c(O)c1C. The van der Waals surface area contributed by atoms with Gasteiger partial charge in [-0.2, -0.15) is 0 Å². The fraction of sp³-hybridized carbons (Fsp3) is 0.647. The summed E-state index contributed by atoms with van der Waals surface area (Å²) in [5.74, 6) is 2.14. The summed E-state index contributed by atoms with van der Waals surface area (Å²) in [4.78, 5) is 0. The van der Waals surface area contributed by atoms with Gasteiger partial charge in [0.05, 0.1) is 13.2 Å². The van der Waals surface area contributed by atoms with Gasteiger partial charge in [0.25, 0.3) is 0 Å². The van der Waals surface area contributed by atoms with Crippen molar-refractivity contribution >= 4 is 0 Å². The van der Waals surface area contributed by atoms with E-state index in [0.717, 1.165) is 98.0 Å². The van der Waals surface area contributed by atoms with E-state index in [-0.39, 0.29) is 0 Å². The molecule has 0 saturated heterocycles. The quantitative estimate of drug-likeness (QED) is 0.202. The van der Waals surface area contributed by atoms with Crippen molar-refractivity contribution in [3.8, 4) is 11.5 Å². The third kappa shape index (κ3) is 9.93. The Morgan fingerprint density at radius 2 is 0.974 bits per heavy atom. The smallest absolute Gasteiger partial charge is 0.122 e. The van der Waals surface area contributed by atoms with Gasteiger partial charge >= 0.3 is 0 Å². The zero-order chi connectivity index (χ0) is 28.2. The summed E-state index contributed by atoms with van der Waals surface area (Å²) in [6, 6.07) is 4.27. The number of rotatable bonds is 17. The zero-order valence-electron chi connectivity index (χ0n) is 25.5. The van der Waals surface area contributed by atoms with Crippen molar-refractivity contribution in [2.24, 2.45) is 11.8 Å². The number of phenolic OH excluding ortho intramolecular Hbond substituents is 2. The van der Waals surface area contributed by atoms with Gasteiger partial charge in [-0.3, -0.25) is 0 Å². The summed E-state index contributed by atoms with van der Waals surface area (Å²) in [5.41, 5.74) is 8.69. The van der Waals surface area contributed by atoms with E-state index >= 15 is 0 Å². The molecule has 2 aromatic rings. The summed E-state index contributed by atoms with van der Waals surface area (Å²) in [6.45, 7) is 19.7. The molecule has 0 unspecified atom stereocenters. The molecule has 0 aliphatic rings. The minimum Gasteiger partial charge on any atom is -0.507 e. The van der Waals surface area contributed by atoms with Crippen LogP contribution in [0.4, 0.5) is 0 Å². The van der Waals surface area contributed by atoms with E-state index in [1.165, 1.54) is 11.1 Å². The standard InChI is InChI=1S/C34H54O4/c1-23(2)13-15-29-19-25(5)31(27(7)33(29)35)21-37-17-11-9-10-12-18-38-22-32-26(6)20-30(16-14-24(3)4)34(36)28(32)8/h19-20,23-24,35-36H,9-18,21-22H2,1-8H3. The number of phenols is 2. The van der Waals surface area contributed by atoms with Gasteiger partial charge < -0.3 is 19.7 Å². The number of ether oxygens (including phenoxy) is 2. The Balaban J connectivity index is 1.66. The van der Waals surface area contributed by atoms with Gasteiger partial charge in [0.1, 0.15) is 11.5 Å². The number of hydrogen-bond donors (Lipinski definition) is 2. The van der Waals surface area contributed by atoms with E-state index in [0.29, 0.717) is 36.5 Å². The van der Waals surface area contributed by atoms with Gasteiger partial charge in [-0.15, -0.1) is 0 Å². The lowest BCUT2D eigenvalue weighted by molar-refractivity contribution is 0.107. The minimum absolute atomic E-state index is 0.442. The molecule has 0 aliphatic heterocycles. The molecule has 4 nitrogen and oxygen atoms in total. The molecule has 0 aromatic heterocycles. The normalized spacial score (nSPS) is 11.7. The highest BCUT2D eigenvalue weighted by atomic mass is 16.5. The van der Waals surface area contributed by atoms with E-state index in [1.54, 1.807) is 0 Å². The summed E-state index contributed by atoms with van der Waals surface area (Å²) in [7, 11) is 0. The van der Waals surface area contributed by atoms with Crippen molar-refractivity contribution in [1.29, 1.82) is 0 Å². The van der Waals surface area contributed by atoms with Crippen molar-refractivity contribution < 1.29 is 19.7 Å². The molecule has 38 heavy (non-hydrogen) atoms. The molecule has 4 heteroatoms. The molecule has 0 saturated carbocycles. The van der Waals surface area contributed by atoms with Gasteiger partial charge in [-0.1, -0.05) is 52.7 Å². The lowest BCUT2D eigenvalue weighted by Crippen LogP contribution is -2.04. The second kappa shape index (κ2) is 16.2. The highest BCUT2D eigenvalue weighted by molar-refractivity contribution is 5.49. The van der Waals surface area contributed by atoms with Crippen LogP contribution in [0.25, 0.3) is 0 Å². The van der Waals surface area contributed by atoms with E-state index < -0.39 is 0 Å². The van der Waals surface area contributed by atoms with E-state index in [2.05, 4.69) is 53.7 Å². The summed E-state index contributed by atoms with van der Waals surface area (Å²) in [6.07, 6.45) is 8.30. The molecule has 2 aromatic carbocycles. The van der Waals surface area contributed by atoms with Crippen LogP contribution < -0.4 is 0 Å². The molecule has 0 amide bonds. The Morgan fingerprint density at radius 3 is 1.32 bits per heavy atom. The Kier molecular flexibility index (Phi) is 13.7. The molecule has 0 heterocycles. The molecular formula is C34H54O4. The molecule has 0 aliphatic carbocycles. The first-order valence-electron chi connectivity index (χ1n) is 14.8. The lowest BCUT2D eigenvalue weighted by atomic mass is 9.94. The van der Waals surface area contributed by atoms with Crippen LogP contribution in [0.5, 0.6) is 11.5 Å². The molecule has 214 valence electrons. The molecule has 2 rings (SSSR count). The summed E-state index contributed by atoms with van der Waals surface area (Å²) < 4.78 is 11.9. The molecule has 0 radical (unpaired) electrons. The van der Waals surface area contributed by atoms with Gasteiger partial charge in [0.2, 0.25) is 0 Å². The Bertz CT molecular complexity index is 925. The van der Waals surface area contributed by atoms with E-state index in [1.807, 2.05) is 13.8 Å². The summed E-state index contributed by atoms with van der Waals surface area (Å²) >= 11 is 0. The zero-order valence-corrected chi connectivity index (χ0v) is 25.5.